The zero-order valence-corrected chi connectivity index (χ0v) is 55.7. The fourth-order valence-electron chi connectivity index (χ4n) is 6.55. The summed E-state index contributed by atoms with van der Waals surface area (Å²) < 4.78 is 66.9. The van der Waals surface area contributed by atoms with Gasteiger partial charge in [-0.3, -0.25) is 0 Å². The Morgan fingerprint density at radius 3 is 1.00 bits per heavy atom. The average Bonchev–Trinajstić information content (AvgIpc) is 2.93. The summed E-state index contributed by atoms with van der Waals surface area (Å²) in [6, 6.07) is 0.826. The number of hydrogen-bond acceptors (Lipinski definition) is 13. The van der Waals surface area contributed by atoms with E-state index in [1.165, 1.54) is 0 Å². The molecule has 0 radical (unpaired) electrons. The molecule has 0 bridgehead atoms. The van der Waals surface area contributed by atoms with E-state index in [2.05, 4.69) is 144 Å². The monoisotopic (exact) mass is 1220 g/mol. The summed E-state index contributed by atoms with van der Waals surface area (Å²) in [4.78, 5) is 0. The molecule has 0 amide bonds. The van der Waals surface area contributed by atoms with Gasteiger partial charge in [0.05, 0.1) is 57.5 Å². The first-order chi connectivity index (χ1) is 26.9. The first kappa shape index (κ1) is 70.4. The van der Waals surface area contributed by atoms with Crippen molar-refractivity contribution in [1.29, 1.82) is 0 Å². The molecular weight excluding hydrogens is 1120 g/mol. The van der Waals surface area contributed by atoms with Gasteiger partial charge in [0.15, 0.2) is 33.3 Å². The van der Waals surface area contributed by atoms with Crippen LogP contribution in [0.25, 0.3) is 0 Å². The van der Waals surface area contributed by atoms with Crippen LogP contribution in [-0.2, 0) is 68.8 Å². The Kier molecular flexibility index (Phi) is 35.4. The van der Waals surface area contributed by atoms with Crippen molar-refractivity contribution in [2.24, 2.45) is 0 Å². The van der Waals surface area contributed by atoms with E-state index < -0.39 is 88.3 Å². The fourth-order valence-corrected chi connectivity index (χ4v) is 47.5. The molecule has 62 heavy (non-hydrogen) atoms. The van der Waals surface area contributed by atoms with E-state index in [0.29, 0.717) is 39.6 Å². The van der Waals surface area contributed by atoms with Gasteiger partial charge in [-0.05, 0) is 178 Å². The summed E-state index contributed by atoms with van der Waals surface area (Å²) in [5.74, 6) is 0. The second-order valence-electron chi connectivity index (χ2n) is 21.9. The molecule has 0 aromatic carbocycles. The van der Waals surface area contributed by atoms with Crippen LogP contribution < -0.4 is 0 Å². The second kappa shape index (κ2) is 31.2. The second-order valence-corrected chi connectivity index (χ2v) is 58.5. The summed E-state index contributed by atoms with van der Waals surface area (Å²) in [5.41, 5.74) is 0. The van der Waals surface area contributed by atoms with Crippen LogP contribution in [0.4, 0.5) is 0 Å². The van der Waals surface area contributed by atoms with Gasteiger partial charge in [-0.2, -0.15) is 0 Å². The maximum absolute atomic E-state index is 9.33. The van der Waals surface area contributed by atoms with Gasteiger partial charge in [0.2, 0.25) is 0 Å². The van der Waals surface area contributed by atoms with E-state index in [0.717, 1.165) is 12.5 Å². The quantitative estimate of drug-likeness (QED) is 0.0401. The van der Waals surface area contributed by atoms with Gasteiger partial charge in [-0.25, -0.2) is 0 Å². The van der Waals surface area contributed by atoms with Crippen LogP contribution in [0, 0.1) is 0 Å². The molecule has 380 valence electrons. The summed E-state index contributed by atoms with van der Waals surface area (Å²) in [6.45, 7) is 59.3. The molecule has 0 aromatic heterocycles. The van der Waals surface area contributed by atoms with Crippen molar-refractivity contribution < 1.29 is 79.0 Å². The van der Waals surface area contributed by atoms with E-state index in [1.54, 1.807) is 19.9 Å². The van der Waals surface area contributed by atoms with Crippen molar-refractivity contribution in [2.45, 2.75) is 202 Å². The number of aliphatic hydroxyl groups excluding tert-OH is 2. The van der Waals surface area contributed by atoms with E-state index in [-0.39, 0.29) is 33.3 Å². The van der Waals surface area contributed by atoms with Crippen molar-refractivity contribution in [1.82, 2.24) is 0 Å². The molecule has 2 N–H and O–H groups in total. The number of rotatable bonds is 30. The maximum atomic E-state index is 9.33. The normalized spacial score (nSPS) is 15.6. The van der Waals surface area contributed by atoms with Crippen LogP contribution in [0.15, 0.2) is 12.7 Å². The Hall–Kier alpha value is 1.86. The zero-order valence-electron chi connectivity index (χ0n) is 44.5. The summed E-state index contributed by atoms with van der Waals surface area (Å²) in [6.07, 6.45) is 1.65. The van der Waals surface area contributed by atoms with Gasteiger partial charge in [0.25, 0.3) is 0 Å². The molecule has 4 atom stereocenters. The molecule has 13 nitrogen and oxygen atoms in total. The molecule has 0 aliphatic rings. The Morgan fingerprint density at radius 1 is 0.435 bits per heavy atom. The Bertz CT molecular complexity index is 1110. The van der Waals surface area contributed by atoms with Gasteiger partial charge < -0.3 is 58.0 Å². The summed E-state index contributed by atoms with van der Waals surface area (Å²) in [5, 5.41) is 18.2. The summed E-state index contributed by atoms with van der Waals surface area (Å²) in [7, 11) is -17.9. The first-order valence-corrected chi connectivity index (χ1v) is 49.6. The molecule has 0 saturated carbocycles. The van der Waals surface area contributed by atoms with Crippen LogP contribution in [0.2, 0.25) is 144 Å². The van der Waals surface area contributed by atoms with E-state index in [4.69, 9.17) is 52.9 Å². The van der Waals surface area contributed by atoms with Gasteiger partial charge in [-0.1, -0.05) is 6.08 Å². The maximum Gasteiger partial charge on any atom is 0.317 e. The molecule has 0 aliphatic carbocycles. The Labute approximate surface area is 406 Å². The van der Waals surface area contributed by atoms with Crippen LogP contribution in [-0.4, -0.2) is 150 Å². The molecule has 0 aliphatic heterocycles. The molecule has 0 rings (SSSR count). The third kappa shape index (κ3) is 49.8. The average molecular weight is 1230 g/mol. The SMILES string of the molecule is C=CCOCC(C)OCC(C)O.CC(O)COC(C)COCCC[Si](C)(O[Si](C)(C)O[Si](C)(C)C)O[Si](C)(C)O[Si](C)(C)C.C[Si](C)(C)O[Si](C)(C)O[Si](C)(C)O[Si](C)(C)C.[Pt]. The van der Waals surface area contributed by atoms with Crippen LogP contribution in [0.5, 0.6) is 0 Å². The smallest absolute Gasteiger partial charge is 0.317 e. The van der Waals surface area contributed by atoms with Crippen LogP contribution >= 0.6 is 0 Å². The molecule has 23 heteroatoms. The Morgan fingerprint density at radius 2 is 0.726 bits per heavy atom. The van der Waals surface area contributed by atoms with Crippen LogP contribution in [0.3, 0.4) is 0 Å². The largest absolute Gasteiger partial charge is 0.437 e. The van der Waals surface area contributed by atoms with Crippen LogP contribution in [0.1, 0.15) is 34.1 Å². The van der Waals surface area contributed by atoms with Crippen molar-refractivity contribution >= 4 is 76.1 Å². The van der Waals surface area contributed by atoms with Gasteiger partial charge in [0, 0.05) is 27.7 Å². The van der Waals surface area contributed by atoms with Crippen molar-refractivity contribution in [3.05, 3.63) is 12.7 Å². The minimum absolute atomic E-state index is 0. The number of hydrogen-bond donors (Lipinski definition) is 2. The molecule has 0 aromatic rings. The molecule has 0 spiro atoms. The minimum Gasteiger partial charge on any atom is -0.437 e. The third-order valence-electron chi connectivity index (χ3n) is 6.73. The fraction of sp³-hybridized carbons (Fsp3) is 0.949. The van der Waals surface area contributed by atoms with Crippen molar-refractivity contribution in [3.8, 4) is 0 Å². The molecule has 0 fully saturated rings. The zero-order chi connectivity index (χ0) is 49.0. The predicted octanol–water partition coefficient (Wildman–Crippen LogP) is 10.5. The first-order valence-electron chi connectivity index (χ1n) is 22.2. The number of aliphatic hydroxyl groups is 2. The number of ether oxygens (including phenoxy) is 4. The molecule has 4 unspecified atom stereocenters. The minimum atomic E-state index is -2.55. The predicted molar refractivity (Wildman–Crippen MR) is 278 cm³/mol. The van der Waals surface area contributed by atoms with Gasteiger partial charge in [-0.15, -0.1) is 6.58 Å². The summed E-state index contributed by atoms with van der Waals surface area (Å²) >= 11 is 0. The topological polar surface area (TPSA) is 142 Å². The van der Waals surface area contributed by atoms with Crippen molar-refractivity contribution in [2.75, 3.05) is 39.6 Å². The molecular formula is C39H100O13PtSi9. The van der Waals surface area contributed by atoms with E-state index in [1.807, 2.05) is 13.8 Å². The molecule has 0 heterocycles. The molecule has 0 saturated heterocycles. The third-order valence-corrected chi connectivity index (χ3v) is 37.0. The Balaban J connectivity index is -0.000000467. The van der Waals surface area contributed by atoms with Gasteiger partial charge in [0.1, 0.15) is 0 Å². The van der Waals surface area contributed by atoms with E-state index >= 15 is 0 Å². The van der Waals surface area contributed by atoms with Gasteiger partial charge >= 0.3 is 42.8 Å². The van der Waals surface area contributed by atoms with E-state index in [9.17, 15) is 5.11 Å². The van der Waals surface area contributed by atoms with Crippen molar-refractivity contribution in [3.63, 3.8) is 0 Å². The standard InChI is InChI=1S/C20H52O7Si5.C10H30O3Si4.C9H18O3.Pt/c1-19(21)17-23-20(2)18-22-15-14-16-32(13,26-30(9,10)24-28(3,4)5)27-31(11,12)25-29(6,7)8;1-14(2,3)11-16(7,8)13-17(9,10)12-15(4,5)6;1-4-5-11-7-9(3)12-6-8(2)10;/h19-21H,14-18H2,1-13H3;1-10H3;4,8-10H,1,5-7H2,2-3H3;.